The first kappa shape index (κ1) is 14.7. The van der Waals surface area contributed by atoms with E-state index < -0.39 is 6.10 Å². The number of piperidine rings is 1. The first-order valence-electron chi connectivity index (χ1n) is 7.00. The van der Waals surface area contributed by atoms with Crippen molar-refractivity contribution >= 4 is 11.6 Å². The number of aliphatic hydroxyl groups excluding tert-OH is 1. The third kappa shape index (κ3) is 3.04. The molecule has 2 atom stereocenters. The summed E-state index contributed by atoms with van der Waals surface area (Å²) >= 11 is 0. The Bertz CT molecular complexity index is 488. The van der Waals surface area contributed by atoms with E-state index in [1.165, 1.54) is 0 Å². The highest BCUT2D eigenvalue weighted by Crippen LogP contribution is 2.31. The summed E-state index contributed by atoms with van der Waals surface area (Å²) in [6, 6.07) is 5.28. The zero-order chi connectivity index (χ0) is 14.7. The Morgan fingerprint density at radius 2 is 2.25 bits per heavy atom. The normalized spacial score (nSPS) is 20.6. The molecule has 1 aromatic carbocycles. The van der Waals surface area contributed by atoms with Gasteiger partial charge in [-0.25, -0.2) is 0 Å². The number of carbonyl (C=O) groups excluding carboxylic acids is 1. The van der Waals surface area contributed by atoms with Gasteiger partial charge in [0, 0.05) is 37.5 Å². The molecule has 1 aromatic rings. The number of hydrogen-bond donors (Lipinski definition) is 3. The Morgan fingerprint density at radius 3 is 2.85 bits per heavy atom. The molecule has 1 fully saturated rings. The van der Waals surface area contributed by atoms with E-state index in [0.29, 0.717) is 12.1 Å². The van der Waals surface area contributed by atoms with Crippen LogP contribution in [-0.2, 0) is 4.79 Å². The van der Waals surface area contributed by atoms with Gasteiger partial charge in [0.25, 0.3) is 0 Å². The number of rotatable bonds is 3. The molecule has 1 saturated heterocycles. The lowest BCUT2D eigenvalue weighted by Gasteiger charge is -2.33. The van der Waals surface area contributed by atoms with Crippen LogP contribution >= 0.6 is 0 Å². The van der Waals surface area contributed by atoms with Gasteiger partial charge in [-0.3, -0.25) is 4.79 Å². The Morgan fingerprint density at radius 1 is 1.50 bits per heavy atom. The van der Waals surface area contributed by atoms with E-state index in [1.807, 2.05) is 6.07 Å². The summed E-state index contributed by atoms with van der Waals surface area (Å²) in [6.45, 7) is 3.16. The van der Waals surface area contributed by atoms with E-state index in [9.17, 15) is 15.0 Å². The average molecular weight is 278 g/mol. The van der Waals surface area contributed by atoms with E-state index in [2.05, 4.69) is 10.2 Å². The zero-order valence-corrected chi connectivity index (χ0v) is 12.0. The fraction of sp³-hybridized carbons (Fsp3) is 0.533. The number of phenolic OH excluding ortho intramolecular Hbond substituents is 1. The van der Waals surface area contributed by atoms with Crippen LogP contribution in [0.25, 0.3) is 0 Å². The number of nitrogens with one attached hydrogen (secondary N) is 1. The van der Waals surface area contributed by atoms with E-state index in [0.717, 1.165) is 25.1 Å². The molecule has 5 nitrogen and oxygen atoms in total. The molecular weight excluding hydrogens is 256 g/mol. The number of nitrogens with zero attached hydrogens (tertiary/aromatic N) is 1. The molecule has 0 aliphatic carbocycles. The van der Waals surface area contributed by atoms with Gasteiger partial charge in [0.2, 0.25) is 5.91 Å². The highest BCUT2D eigenvalue weighted by atomic mass is 16.3. The molecule has 2 unspecified atom stereocenters. The standard InChI is InChI=1S/C15H22N2O3/c1-10(18)13-6-5-12(8-14(13)19)17-7-3-4-11(9-17)15(20)16-2/h5-6,8,10-11,18-19H,3-4,7,9H2,1-2H3,(H,16,20). The van der Waals surface area contributed by atoms with Crippen LogP contribution in [0.2, 0.25) is 0 Å². The number of anilines is 1. The second-order valence-corrected chi connectivity index (χ2v) is 5.32. The van der Waals surface area contributed by atoms with Gasteiger partial charge in [0.1, 0.15) is 5.75 Å². The Labute approximate surface area is 119 Å². The summed E-state index contributed by atoms with van der Waals surface area (Å²) in [5.74, 6) is 0.159. The van der Waals surface area contributed by atoms with Crippen molar-refractivity contribution in [3.05, 3.63) is 23.8 Å². The second kappa shape index (κ2) is 6.13. The van der Waals surface area contributed by atoms with Gasteiger partial charge in [-0.05, 0) is 25.8 Å². The molecule has 1 heterocycles. The number of phenols is 1. The molecular formula is C15H22N2O3. The molecule has 0 bridgehead atoms. The van der Waals surface area contributed by atoms with Crippen molar-refractivity contribution in [1.29, 1.82) is 0 Å². The maximum Gasteiger partial charge on any atom is 0.224 e. The van der Waals surface area contributed by atoms with Gasteiger partial charge in [-0.1, -0.05) is 6.07 Å². The van der Waals surface area contributed by atoms with Crippen molar-refractivity contribution in [2.75, 3.05) is 25.0 Å². The summed E-state index contributed by atoms with van der Waals surface area (Å²) in [5.41, 5.74) is 1.41. The van der Waals surface area contributed by atoms with Crippen LogP contribution in [-0.4, -0.2) is 36.3 Å². The van der Waals surface area contributed by atoms with Gasteiger partial charge >= 0.3 is 0 Å². The average Bonchev–Trinajstić information content (AvgIpc) is 2.46. The lowest BCUT2D eigenvalue weighted by molar-refractivity contribution is -0.124. The third-order valence-electron chi connectivity index (χ3n) is 3.87. The topological polar surface area (TPSA) is 72.8 Å². The van der Waals surface area contributed by atoms with Crippen LogP contribution in [0, 0.1) is 5.92 Å². The zero-order valence-electron chi connectivity index (χ0n) is 12.0. The number of aliphatic hydroxyl groups is 1. The Balaban J connectivity index is 2.15. The van der Waals surface area contributed by atoms with E-state index in [4.69, 9.17) is 0 Å². The van der Waals surface area contributed by atoms with E-state index in [1.54, 1.807) is 26.1 Å². The van der Waals surface area contributed by atoms with Crippen LogP contribution in [0.5, 0.6) is 5.75 Å². The van der Waals surface area contributed by atoms with Crippen LogP contribution in [0.4, 0.5) is 5.69 Å². The molecule has 5 heteroatoms. The largest absolute Gasteiger partial charge is 0.507 e. The first-order chi connectivity index (χ1) is 9.52. The molecule has 0 aromatic heterocycles. The maximum absolute atomic E-state index is 11.7. The molecule has 20 heavy (non-hydrogen) atoms. The van der Waals surface area contributed by atoms with Crippen molar-refractivity contribution in [1.82, 2.24) is 5.32 Å². The molecule has 0 spiro atoms. The summed E-state index contributed by atoms with van der Waals surface area (Å²) in [6.07, 6.45) is 1.16. The highest BCUT2D eigenvalue weighted by molar-refractivity contribution is 5.79. The SMILES string of the molecule is CNC(=O)C1CCCN(c2ccc(C(C)O)c(O)c2)C1. The van der Waals surface area contributed by atoms with Gasteiger partial charge in [-0.2, -0.15) is 0 Å². The molecule has 1 aliphatic heterocycles. The predicted molar refractivity (Wildman–Crippen MR) is 77.7 cm³/mol. The molecule has 1 amide bonds. The monoisotopic (exact) mass is 278 g/mol. The van der Waals surface area contributed by atoms with Crippen molar-refractivity contribution in [3.63, 3.8) is 0 Å². The lowest BCUT2D eigenvalue weighted by Crippen LogP contribution is -2.42. The maximum atomic E-state index is 11.7. The fourth-order valence-electron chi connectivity index (χ4n) is 2.71. The molecule has 2 rings (SSSR count). The fourth-order valence-corrected chi connectivity index (χ4v) is 2.71. The van der Waals surface area contributed by atoms with E-state index in [-0.39, 0.29) is 17.6 Å². The first-order valence-corrected chi connectivity index (χ1v) is 7.00. The minimum atomic E-state index is -0.691. The number of carbonyl (C=O) groups is 1. The summed E-state index contributed by atoms with van der Waals surface area (Å²) in [7, 11) is 1.66. The quantitative estimate of drug-likeness (QED) is 0.781. The number of aromatic hydroxyl groups is 1. The molecule has 0 saturated carbocycles. The molecule has 110 valence electrons. The van der Waals surface area contributed by atoms with Crippen LogP contribution in [0.15, 0.2) is 18.2 Å². The van der Waals surface area contributed by atoms with Gasteiger partial charge < -0.3 is 20.4 Å². The van der Waals surface area contributed by atoms with Gasteiger partial charge in [0.05, 0.1) is 12.0 Å². The van der Waals surface area contributed by atoms with Crippen molar-refractivity contribution in [3.8, 4) is 5.75 Å². The van der Waals surface area contributed by atoms with E-state index >= 15 is 0 Å². The minimum Gasteiger partial charge on any atom is -0.507 e. The second-order valence-electron chi connectivity index (χ2n) is 5.32. The number of hydrogen-bond acceptors (Lipinski definition) is 4. The van der Waals surface area contributed by atoms with Crippen molar-refractivity contribution < 1.29 is 15.0 Å². The smallest absolute Gasteiger partial charge is 0.224 e. The number of benzene rings is 1. The highest BCUT2D eigenvalue weighted by Gasteiger charge is 2.25. The van der Waals surface area contributed by atoms with Crippen molar-refractivity contribution in [2.45, 2.75) is 25.9 Å². The summed E-state index contributed by atoms with van der Waals surface area (Å²) in [4.78, 5) is 13.8. The Hall–Kier alpha value is -1.75. The van der Waals surface area contributed by atoms with Gasteiger partial charge in [-0.15, -0.1) is 0 Å². The molecule has 3 N–H and O–H groups in total. The third-order valence-corrected chi connectivity index (χ3v) is 3.87. The Kier molecular flexibility index (Phi) is 4.49. The molecule has 0 radical (unpaired) electrons. The predicted octanol–water partition coefficient (Wildman–Crippen LogP) is 1.41. The number of amides is 1. The van der Waals surface area contributed by atoms with Crippen molar-refractivity contribution in [2.24, 2.45) is 5.92 Å². The van der Waals surface area contributed by atoms with Crippen LogP contribution in [0.1, 0.15) is 31.4 Å². The van der Waals surface area contributed by atoms with Gasteiger partial charge in [0.15, 0.2) is 0 Å². The van der Waals surface area contributed by atoms with Crippen LogP contribution in [0.3, 0.4) is 0 Å². The lowest BCUT2D eigenvalue weighted by atomic mass is 9.96. The minimum absolute atomic E-state index is 0.00710. The summed E-state index contributed by atoms with van der Waals surface area (Å²) < 4.78 is 0. The summed E-state index contributed by atoms with van der Waals surface area (Å²) in [5, 5.41) is 22.2. The van der Waals surface area contributed by atoms with Crippen LogP contribution < -0.4 is 10.2 Å². The molecule has 1 aliphatic rings.